The molecule has 3 rings (SSSR count). The van der Waals surface area contributed by atoms with Gasteiger partial charge in [0.2, 0.25) is 5.95 Å². The molecule has 1 fully saturated rings. The molecule has 9 nitrogen and oxygen atoms in total. The number of amides is 1. The molecule has 0 spiro atoms. The van der Waals surface area contributed by atoms with Gasteiger partial charge in [0, 0.05) is 42.2 Å². The van der Waals surface area contributed by atoms with Gasteiger partial charge in [-0.15, -0.1) is 29.8 Å². The molecule has 1 aliphatic rings. The second-order valence-corrected chi connectivity index (χ2v) is 6.12. The maximum Gasteiger partial charge on any atom is 0.437 e. The lowest BCUT2D eigenvalue weighted by molar-refractivity contribution is 0.122. The summed E-state index contributed by atoms with van der Waals surface area (Å²) in [5, 5.41) is 0.442. The van der Waals surface area contributed by atoms with Crippen molar-refractivity contribution in [2.75, 3.05) is 31.2 Å². The predicted octanol–water partition coefficient (Wildman–Crippen LogP) is 2.39. The second kappa shape index (κ2) is 11.6. The number of nitrogens with zero attached hydrogens (tertiary/aromatic N) is 4. The number of rotatable bonds is 4. The minimum atomic E-state index is -0.880. The van der Waals surface area contributed by atoms with Gasteiger partial charge in [0.05, 0.1) is 18.2 Å². The highest BCUT2D eigenvalue weighted by Gasteiger charge is 2.15. The van der Waals surface area contributed by atoms with Crippen molar-refractivity contribution >= 4 is 54.4 Å². The highest BCUT2D eigenvalue weighted by atomic mass is 35.5. The molecule has 12 heteroatoms. The first-order chi connectivity index (χ1) is 13.0. The lowest BCUT2D eigenvalue weighted by Crippen LogP contribution is -2.37. The molecule has 0 radical (unpaired) electrons. The van der Waals surface area contributed by atoms with E-state index in [-0.39, 0.29) is 37.4 Å². The Morgan fingerprint density at radius 1 is 1.21 bits per heavy atom. The molecule has 0 bridgehead atoms. The number of aromatic nitrogens is 2. The lowest BCUT2D eigenvalue weighted by Gasteiger charge is -2.26. The van der Waals surface area contributed by atoms with Crippen LogP contribution in [0.25, 0.3) is 11.1 Å². The fourth-order valence-electron chi connectivity index (χ4n) is 2.58. The number of hydrogen-bond donors (Lipinski definition) is 2. The van der Waals surface area contributed by atoms with Crippen molar-refractivity contribution in [2.45, 2.75) is 6.61 Å². The monoisotopic (exact) mass is 462 g/mol. The standard InChI is InChI=1S/C17H19ClN6O3.2ClH/c18-14-11(10-27-17(25)23-15(19)20)2-1-3-13(14)12-8-21-16(22-9-12)24-4-6-26-7-5-24;;/h1-3,8-9H,4-7,10H2,(H4,19,20,23,25);2*1H. The number of halogens is 3. The Balaban J connectivity index is 0.00000210. The lowest BCUT2D eigenvalue weighted by atomic mass is 10.1. The summed E-state index contributed by atoms with van der Waals surface area (Å²) < 4.78 is 10.3. The number of nitrogens with two attached hydrogens (primary N) is 2. The number of ether oxygens (including phenoxy) is 2. The number of benzene rings is 1. The van der Waals surface area contributed by atoms with E-state index in [2.05, 4.69) is 19.9 Å². The van der Waals surface area contributed by atoms with Crippen LogP contribution in [0.2, 0.25) is 5.02 Å². The van der Waals surface area contributed by atoms with E-state index in [0.29, 0.717) is 29.7 Å². The number of aliphatic imine (C=N–C) groups is 1. The van der Waals surface area contributed by atoms with Gasteiger partial charge in [0.25, 0.3) is 0 Å². The molecule has 1 aromatic carbocycles. The molecule has 2 aromatic rings. The third-order valence-electron chi connectivity index (χ3n) is 3.89. The van der Waals surface area contributed by atoms with Crippen LogP contribution >= 0.6 is 36.4 Å². The highest BCUT2D eigenvalue weighted by molar-refractivity contribution is 6.34. The number of hydrogen-bond acceptors (Lipinski definition) is 6. The molecular weight excluding hydrogens is 443 g/mol. The molecular formula is C17H21Cl3N6O3. The van der Waals surface area contributed by atoms with E-state index in [9.17, 15) is 4.79 Å². The quantitative estimate of drug-likeness (QED) is 0.522. The zero-order valence-corrected chi connectivity index (χ0v) is 17.7. The van der Waals surface area contributed by atoms with Crippen molar-refractivity contribution in [3.63, 3.8) is 0 Å². The Morgan fingerprint density at radius 2 is 1.86 bits per heavy atom. The fourth-order valence-corrected chi connectivity index (χ4v) is 2.87. The Morgan fingerprint density at radius 3 is 2.48 bits per heavy atom. The molecule has 29 heavy (non-hydrogen) atoms. The number of morpholine rings is 1. The van der Waals surface area contributed by atoms with Crippen LogP contribution in [0, 0.1) is 0 Å². The van der Waals surface area contributed by atoms with Gasteiger partial charge in [-0.3, -0.25) is 0 Å². The number of carbonyl (C=O) groups excluding carboxylic acids is 1. The van der Waals surface area contributed by atoms with E-state index >= 15 is 0 Å². The summed E-state index contributed by atoms with van der Waals surface area (Å²) in [4.78, 5) is 25.6. The summed E-state index contributed by atoms with van der Waals surface area (Å²) >= 11 is 6.46. The van der Waals surface area contributed by atoms with Gasteiger partial charge in [-0.1, -0.05) is 29.8 Å². The zero-order chi connectivity index (χ0) is 19.2. The first kappa shape index (κ1) is 24.7. The highest BCUT2D eigenvalue weighted by Crippen LogP contribution is 2.31. The molecule has 1 saturated heterocycles. The van der Waals surface area contributed by atoms with Crippen LogP contribution in [0.3, 0.4) is 0 Å². The van der Waals surface area contributed by atoms with Crippen molar-refractivity contribution < 1.29 is 14.3 Å². The number of guanidine groups is 1. The van der Waals surface area contributed by atoms with Crippen LogP contribution in [0.5, 0.6) is 0 Å². The Kier molecular flexibility index (Phi) is 9.90. The van der Waals surface area contributed by atoms with Gasteiger partial charge in [-0.25, -0.2) is 14.8 Å². The van der Waals surface area contributed by atoms with E-state index in [1.54, 1.807) is 24.5 Å². The molecule has 1 aliphatic heterocycles. The van der Waals surface area contributed by atoms with E-state index in [1.807, 2.05) is 6.07 Å². The molecule has 4 N–H and O–H groups in total. The first-order valence-corrected chi connectivity index (χ1v) is 8.61. The molecule has 0 saturated carbocycles. The van der Waals surface area contributed by atoms with Crippen molar-refractivity contribution in [3.05, 3.63) is 41.2 Å². The summed E-state index contributed by atoms with van der Waals surface area (Å²) in [5.74, 6) is 0.290. The third-order valence-corrected chi connectivity index (χ3v) is 4.34. The van der Waals surface area contributed by atoms with Gasteiger partial charge in [-0.05, 0) is 0 Å². The summed E-state index contributed by atoms with van der Waals surface area (Å²) in [6.07, 6.45) is 2.55. The van der Waals surface area contributed by atoms with E-state index < -0.39 is 6.09 Å². The molecule has 0 atom stereocenters. The topological polar surface area (TPSA) is 129 Å². The van der Waals surface area contributed by atoms with Crippen LogP contribution in [-0.2, 0) is 16.1 Å². The summed E-state index contributed by atoms with van der Waals surface area (Å²) in [6.45, 7) is 2.79. The normalized spacial score (nSPS) is 12.9. The van der Waals surface area contributed by atoms with Crippen LogP contribution < -0.4 is 16.4 Å². The molecule has 0 aliphatic carbocycles. The second-order valence-electron chi connectivity index (χ2n) is 5.74. The molecule has 2 heterocycles. The van der Waals surface area contributed by atoms with Gasteiger partial charge in [-0.2, -0.15) is 0 Å². The minimum absolute atomic E-state index is 0. The van der Waals surface area contributed by atoms with Crippen molar-refractivity contribution in [1.29, 1.82) is 0 Å². The first-order valence-electron chi connectivity index (χ1n) is 8.23. The zero-order valence-electron chi connectivity index (χ0n) is 15.3. The van der Waals surface area contributed by atoms with Gasteiger partial charge in [0.1, 0.15) is 6.61 Å². The van der Waals surface area contributed by atoms with E-state index in [4.69, 9.17) is 32.5 Å². The van der Waals surface area contributed by atoms with E-state index in [1.165, 1.54) is 0 Å². The van der Waals surface area contributed by atoms with E-state index in [0.717, 1.165) is 24.2 Å². The summed E-state index contributed by atoms with van der Waals surface area (Å²) in [6, 6.07) is 5.40. The number of carbonyl (C=O) groups is 1. The predicted molar refractivity (Wildman–Crippen MR) is 116 cm³/mol. The van der Waals surface area contributed by atoms with Gasteiger partial charge < -0.3 is 25.8 Å². The third kappa shape index (κ3) is 6.60. The summed E-state index contributed by atoms with van der Waals surface area (Å²) in [5.41, 5.74) is 12.4. The van der Waals surface area contributed by atoms with Crippen LogP contribution in [-0.4, -0.2) is 48.3 Å². The SMILES string of the molecule is Cl.Cl.NC(N)=NC(=O)OCc1cccc(-c2cnc(N3CCOCC3)nc2)c1Cl. The van der Waals surface area contributed by atoms with Crippen molar-refractivity contribution in [3.8, 4) is 11.1 Å². The Bertz CT molecular complexity index is 841. The fraction of sp³-hybridized carbons (Fsp3) is 0.294. The minimum Gasteiger partial charge on any atom is -0.443 e. The molecule has 158 valence electrons. The number of anilines is 1. The largest absolute Gasteiger partial charge is 0.443 e. The van der Waals surface area contributed by atoms with Crippen LogP contribution in [0.15, 0.2) is 35.6 Å². The molecule has 1 aromatic heterocycles. The van der Waals surface area contributed by atoms with Crippen molar-refractivity contribution in [2.24, 2.45) is 16.5 Å². The van der Waals surface area contributed by atoms with Crippen molar-refractivity contribution in [1.82, 2.24) is 9.97 Å². The summed E-state index contributed by atoms with van der Waals surface area (Å²) in [7, 11) is 0. The van der Waals surface area contributed by atoms with Crippen LogP contribution in [0.1, 0.15) is 5.56 Å². The average molecular weight is 464 g/mol. The van der Waals surface area contributed by atoms with Crippen LogP contribution in [0.4, 0.5) is 10.7 Å². The Labute approximate surface area is 185 Å². The molecule has 1 amide bonds. The van der Waals surface area contributed by atoms with Gasteiger partial charge >= 0.3 is 6.09 Å². The van der Waals surface area contributed by atoms with Gasteiger partial charge in [0.15, 0.2) is 5.96 Å². The maximum atomic E-state index is 11.4. The average Bonchev–Trinajstić information content (AvgIpc) is 2.67. The smallest absolute Gasteiger partial charge is 0.437 e. The maximum absolute atomic E-state index is 11.4. The Hall–Kier alpha value is -2.33. The molecule has 0 unspecified atom stereocenters.